The van der Waals surface area contributed by atoms with Crippen LogP contribution in [0.25, 0.3) is 11.1 Å². The number of aromatic nitrogens is 1. The lowest BCUT2D eigenvalue weighted by Gasteiger charge is -2.47. The quantitative estimate of drug-likeness (QED) is 0.101. The number of allylic oxidation sites excluding steroid dienone is 2. The zero-order chi connectivity index (χ0) is 37.7. The van der Waals surface area contributed by atoms with E-state index in [1.807, 2.05) is 59.6 Å². The van der Waals surface area contributed by atoms with Gasteiger partial charge in [0.2, 0.25) is 11.8 Å². The number of anilines is 1. The van der Waals surface area contributed by atoms with Crippen LogP contribution in [0.3, 0.4) is 0 Å². The van der Waals surface area contributed by atoms with Crippen molar-refractivity contribution >= 4 is 11.6 Å². The number of amides is 1. The maximum atomic E-state index is 12.2. The minimum atomic E-state index is -0.00177. The summed E-state index contributed by atoms with van der Waals surface area (Å²) >= 11 is 0. The van der Waals surface area contributed by atoms with Crippen LogP contribution in [0.2, 0.25) is 0 Å². The van der Waals surface area contributed by atoms with Gasteiger partial charge in [-0.25, -0.2) is 4.98 Å². The third kappa shape index (κ3) is 14.0. The van der Waals surface area contributed by atoms with Gasteiger partial charge >= 0.3 is 0 Å². The highest BCUT2D eigenvalue weighted by Gasteiger charge is 2.49. The summed E-state index contributed by atoms with van der Waals surface area (Å²) in [6.07, 6.45) is 15.0. The highest BCUT2D eigenvalue weighted by Crippen LogP contribution is 2.46. The van der Waals surface area contributed by atoms with Crippen LogP contribution in [0.4, 0.5) is 5.69 Å². The number of carbonyl (C=O) groups is 1. The molecule has 1 spiro atoms. The second-order valence-corrected chi connectivity index (χ2v) is 12.2. The fourth-order valence-electron chi connectivity index (χ4n) is 6.05. The molecule has 0 radical (unpaired) electrons. The molecule has 1 aromatic heterocycles. The first kappa shape index (κ1) is 51.5. The summed E-state index contributed by atoms with van der Waals surface area (Å²) in [7, 11) is 4.12. The maximum Gasteiger partial charge on any atom is 0.245 e. The Hall–Kier alpha value is -3.82. The minimum Gasteiger partial charge on any atom is -0.476 e. The lowest BCUT2D eigenvalue weighted by Crippen LogP contribution is -2.59. The van der Waals surface area contributed by atoms with Crippen molar-refractivity contribution in [3.05, 3.63) is 78.0 Å². The number of hydrogen-bond donors (Lipinski definition) is 0. The van der Waals surface area contributed by atoms with Gasteiger partial charge in [-0.15, -0.1) is 13.0 Å². The number of aryl methyl sites for hydroxylation is 2. The molecule has 0 saturated carbocycles. The van der Waals surface area contributed by atoms with Crippen molar-refractivity contribution < 1.29 is 11.0 Å². The standard InChI is InChI=1S/C34H44N4O2.C3H6.3C2H6.2CH4.H2/c1-9-24(4)19-28-25(5)13-14-26(6)31(28)29-20-35-33(40-18-12-16-36(7)8)32(27(29)10-2)37-17-15-34(21-37)22-38(23-34)30(39)11-3;1-3-2;3*1-2;;;/h2,11,13-14,20H,3-4,9,12,15-19,21-23H2,1,5-8H3;3H,1H2,2H3;3*1-2H3;2*1H4;1H. The van der Waals surface area contributed by atoms with Crippen LogP contribution in [0.15, 0.2) is 55.8 Å². The predicted octanol–water partition coefficient (Wildman–Crippen LogP) is 11.2. The fraction of sp³-hybridized carbons (Fsp3) is 0.556. The minimum absolute atomic E-state index is 0. The van der Waals surface area contributed by atoms with Gasteiger partial charge in [0.05, 0.1) is 12.2 Å². The van der Waals surface area contributed by atoms with Gasteiger partial charge < -0.3 is 19.4 Å². The Morgan fingerprint density at radius 1 is 1.08 bits per heavy atom. The number of hydrogen-bond acceptors (Lipinski definition) is 5. The summed E-state index contributed by atoms with van der Waals surface area (Å²) in [5, 5.41) is 0. The Bertz CT molecular complexity index is 1390. The average Bonchev–Trinajstić information content (AvgIpc) is 3.56. The van der Waals surface area contributed by atoms with E-state index in [1.54, 1.807) is 6.08 Å². The summed E-state index contributed by atoms with van der Waals surface area (Å²) in [4.78, 5) is 23.4. The normalized spacial score (nSPS) is 12.9. The van der Waals surface area contributed by atoms with Gasteiger partial charge in [-0.2, -0.15) is 0 Å². The SMILES string of the molecule is C.C.C#Cc1c(-c2c(C)ccc(C)c2CC(=C)CC)cnc(OCCCN(C)C)c1N1CCC2(CN(C(=O)C=C)C2)C1.C=CC.CC.CC.CC.[HH]. The molecule has 2 aliphatic heterocycles. The highest BCUT2D eigenvalue weighted by atomic mass is 16.5. The molecule has 2 aliphatic rings. The van der Waals surface area contributed by atoms with Crippen LogP contribution in [-0.4, -0.2) is 74.1 Å². The summed E-state index contributed by atoms with van der Waals surface area (Å²) in [5.41, 5.74) is 8.75. The van der Waals surface area contributed by atoms with E-state index >= 15 is 0 Å². The first-order valence-electron chi connectivity index (χ1n) is 18.3. The van der Waals surface area contributed by atoms with E-state index in [2.05, 4.69) is 82.5 Å². The maximum absolute atomic E-state index is 12.2. The van der Waals surface area contributed by atoms with Gasteiger partial charge in [-0.1, -0.05) is 106 Å². The van der Waals surface area contributed by atoms with Crippen LogP contribution in [0.5, 0.6) is 5.88 Å². The molecule has 6 heteroatoms. The number of likely N-dealkylation sites (tertiary alicyclic amines) is 1. The summed E-state index contributed by atoms with van der Waals surface area (Å²) < 4.78 is 6.33. The lowest BCUT2D eigenvalue weighted by atomic mass is 9.79. The largest absolute Gasteiger partial charge is 0.476 e. The van der Waals surface area contributed by atoms with E-state index < -0.39 is 0 Å². The summed E-state index contributed by atoms with van der Waals surface area (Å²) in [5.74, 6) is 3.65. The molecule has 2 aromatic rings. The predicted molar refractivity (Wildman–Crippen MR) is 230 cm³/mol. The van der Waals surface area contributed by atoms with Crippen LogP contribution in [0.1, 0.15) is 113 Å². The molecule has 3 heterocycles. The van der Waals surface area contributed by atoms with E-state index in [-0.39, 0.29) is 27.6 Å². The number of ether oxygens (including phenoxy) is 1. The van der Waals surface area contributed by atoms with E-state index in [0.29, 0.717) is 12.5 Å². The van der Waals surface area contributed by atoms with Gasteiger partial charge in [-0.05, 0) is 88.9 Å². The lowest BCUT2D eigenvalue weighted by molar-refractivity contribution is -0.136. The Balaban J connectivity index is -0.000000884. The zero-order valence-corrected chi connectivity index (χ0v) is 33.3. The summed E-state index contributed by atoms with van der Waals surface area (Å²) in [6.45, 7) is 36.3. The third-order valence-electron chi connectivity index (χ3n) is 8.40. The van der Waals surface area contributed by atoms with Crippen LogP contribution in [-0.2, 0) is 11.2 Å². The molecule has 0 aliphatic carbocycles. The molecule has 1 amide bonds. The Morgan fingerprint density at radius 3 is 2.16 bits per heavy atom. The van der Waals surface area contributed by atoms with E-state index in [9.17, 15) is 4.79 Å². The van der Waals surface area contributed by atoms with Crippen molar-refractivity contribution in [2.45, 2.75) is 110 Å². The fourth-order valence-corrected chi connectivity index (χ4v) is 6.05. The molecular formula is C45H78N4O2. The zero-order valence-electron chi connectivity index (χ0n) is 33.3. The van der Waals surface area contributed by atoms with Crippen LogP contribution in [0, 0.1) is 31.6 Å². The molecule has 4 rings (SSSR count). The van der Waals surface area contributed by atoms with Crippen molar-refractivity contribution in [2.24, 2.45) is 5.41 Å². The van der Waals surface area contributed by atoms with Gasteiger partial charge in [0, 0.05) is 51.3 Å². The molecule has 1 aromatic carbocycles. The average molecular weight is 707 g/mol. The molecular weight excluding hydrogens is 629 g/mol. The molecule has 51 heavy (non-hydrogen) atoms. The van der Waals surface area contributed by atoms with Crippen LogP contribution >= 0.6 is 0 Å². The van der Waals surface area contributed by atoms with Gasteiger partial charge in [0.1, 0.15) is 5.69 Å². The smallest absolute Gasteiger partial charge is 0.245 e. The monoisotopic (exact) mass is 707 g/mol. The number of carbonyl (C=O) groups excluding carboxylic acids is 1. The molecule has 2 saturated heterocycles. The van der Waals surface area contributed by atoms with Crippen LogP contribution < -0.4 is 9.64 Å². The first-order valence-corrected chi connectivity index (χ1v) is 18.3. The van der Waals surface area contributed by atoms with Crippen molar-refractivity contribution in [3.63, 3.8) is 0 Å². The molecule has 0 unspecified atom stereocenters. The van der Waals surface area contributed by atoms with Crippen molar-refractivity contribution in [2.75, 3.05) is 58.3 Å². The molecule has 290 valence electrons. The van der Waals surface area contributed by atoms with E-state index in [1.165, 1.54) is 28.3 Å². The van der Waals surface area contributed by atoms with E-state index in [4.69, 9.17) is 16.1 Å². The Labute approximate surface area is 317 Å². The third-order valence-corrected chi connectivity index (χ3v) is 8.40. The van der Waals surface area contributed by atoms with Gasteiger partial charge in [0.25, 0.3) is 0 Å². The van der Waals surface area contributed by atoms with Gasteiger partial charge in [-0.3, -0.25) is 4.79 Å². The second kappa shape index (κ2) is 26.9. The number of terminal acetylenes is 1. The number of pyridine rings is 1. The summed E-state index contributed by atoms with van der Waals surface area (Å²) in [6, 6.07) is 4.35. The van der Waals surface area contributed by atoms with E-state index in [0.717, 1.165) is 80.8 Å². The number of benzene rings is 1. The Morgan fingerprint density at radius 2 is 1.65 bits per heavy atom. The van der Waals surface area contributed by atoms with Crippen molar-refractivity contribution in [1.82, 2.24) is 14.8 Å². The second-order valence-electron chi connectivity index (χ2n) is 12.2. The molecule has 0 bridgehead atoms. The van der Waals surface area contributed by atoms with Crippen molar-refractivity contribution in [3.8, 4) is 29.4 Å². The molecule has 0 N–H and O–H groups in total. The number of rotatable bonds is 11. The van der Waals surface area contributed by atoms with Gasteiger partial charge in [0.15, 0.2) is 0 Å². The first-order chi connectivity index (χ1) is 23.5. The Kier molecular flexibility index (Phi) is 27.2. The highest BCUT2D eigenvalue weighted by molar-refractivity contribution is 5.88. The molecule has 0 atom stereocenters. The number of nitrogens with zero attached hydrogens (tertiary/aromatic N) is 4. The topological polar surface area (TPSA) is 48.9 Å². The molecule has 2 fully saturated rings. The molecule has 6 nitrogen and oxygen atoms in total. The van der Waals surface area contributed by atoms with Crippen molar-refractivity contribution in [1.29, 1.82) is 0 Å².